The van der Waals surface area contributed by atoms with Crippen molar-refractivity contribution in [1.29, 1.82) is 0 Å². The van der Waals surface area contributed by atoms with Gasteiger partial charge in [0.2, 0.25) is 0 Å². The third kappa shape index (κ3) is 4.52. The Labute approximate surface area is 185 Å². The number of amides is 1. The summed E-state index contributed by atoms with van der Waals surface area (Å²) in [6.07, 6.45) is 0.638. The number of ether oxygens (including phenoxy) is 2. The number of rotatable bonds is 8. The number of nitrogens with zero attached hydrogens (tertiary/aromatic N) is 1. The van der Waals surface area contributed by atoms with Crippen LogP contribution in [-0.4, -0.2) is 53.7 Å². The first-order valence-corrected chi connectivity index (χ1v) is 10.3. The van der Waals surface area contributed by atoms with Crippen LogP contribution in [0.1, 0.15) is 30.5 Å². The zero-order chi connectivity index (χ0) is 22.5. The number of aliphatic hydroxyl groups excluding tert-OH is 2. The molecule has 1 heterocycles. The van der Waals surface area contributed by atoms with Crippen LogP contribution in [0.4, 0.5) is 0 Å². The number of halogens is 1. The predicted molar refractivity (Wildman–Crippen MR) is 116 cm³/mol. The van der Waals surface area contributed by atoms with Gasteiger partial charge in [0, 0.05) is 12.1 Å². The SMILES string of the molecule is CCCN1C(=O)C(=O)/C(=C(\O)c2ccc(Cl)c(OC)c2)C1c1cccc(OCCO)c1. The highest BCUT2D eigenvalue weighted by atomic mass is 35.5. The minimum atomic E-state index is -0.778. The Morgan fingerprint density at radius 1 is 1.19 bits per heavy atom. The smallest absolute Gasteiger partial charge is 0.295 e. The number of carbonyl (C=O) groups excluding carboxylic acids is 2. The molecule has 3 rings (SSSR count). The summed E-state index contributed by atoms with van der Waals surface area (Å²) >= 11 is 6.08. The minimum Gasteiger partial charge on any atom is -0.507 e. The van der Waals surface area contributed by atoms with E-state index in [2.05, 4.69) is 0 Å². The molecular weight excluding hydrogens is 422 g/mol. The number of Topliss-reactive ketones (excluding diaryl/α,β-unsaturated/α-hetero) is 1. The number of likely N-dealkylation sites (tertiary alicyclic amines) is 1. The zero-order valence-corrected chi connectivity index (χ0v) is 18.1. The Balaban J connectivity index is 2.15. The zero-order valence-electron chi connectivity index (χ0n) is 17.3. The lowest BCUT2D eigenvalue weighted by Crippen LogP contribution is -2.30. The van der Waals surface area contributed by atoms with Gasteiger partial charge < -0.3 is 24.6 Å². The molecule has 1 fully saturated rings. The fourth-order valence-electron chi connectivity index (χ4n) is 3.60. The number of methoxy groups -OCH3 is 1. The molecule has 0 spiro atoms. The molecule has 0 aliphatic carbocycles. The van der Waals surface area contributed by atoms with E-state index in [1.54, 1.807) is 36.4 Å². The van der Waals surface area contributed by atoms with Gasteiger partial charge in [0.15, 0.2) is 0 Å². The van der Waals surface area contributed by atoms with E-state index >= 15 is 0 Å². The first-order valence-electron chi connectivity index (χ1n) is 9.88. The molecule has 2 N–H and O–H groups in total. The van der Waals surface area contributed by atoms with E-state index < -0.39 is 17.7 Å². The van der Waals surface area contributed by atoms with Crippen molar-refractivity contribution < 1.29 is 29.3 Å². The van der Waals surface area contributed by atoms with Gasteiger partial charge in [-0.05, 0) is 42.3 Å². The summed E-state index contributed by atoms with van der Waals surface area (Å²) in [5.41, 5.74) is 0.918. The monoisotopic (exact) mass is 445 g/mol. The van der Waals surface area contributed by atoms with Crippen LogP contribution in [0.2, 0.25) is 5.02 Å². The number of hydrogen-bond donors (Lipinski definition) is 2. The van der Waals surface area contributed by atoms with Crippen LogP contribution < -0.4 is 9.47 Å². The summed E-state index contributed by atoms with van der Waals surface area (Å²) in [4.78, 5) is 27.2. The molecule has 2 aromatic carbocycles. The van der Waals surface area contributed by atoms with Gasteiger partial charge >= 0.3 is 0 Å². The number of ketones is 1. The van der Waals surface area contributed by atoms with Crippen LogP contribution in [0.3, 0.4) is 0 Å². The Hall–Kier alpha value is -3.03. The van der Waals surface area contributed by atoms with E-state index in [1.165, 1.54) is 18.1 Å². The molecule has 1 aliphatic rings. The predicted octanol–water partition coefficient (Wildman–Crippen LogP) is 3.55. The average molecular weight is 446 g/mol. The molecule has 1 unspecified atom stereocenters. The Morgan fingerprint density at radius 3 is 2.65 bits per heavy atom. The lowest BCUT2D eigenvalue weighted by molar-refractivity contribution is -0.139. The fraction of sp³-hybridized carbons (Fsp3) is 0.304. The summed E-state index contributed by atoms with van der Waals surface area (Å²) in [7, 11) is 1.45. The third-order valence-electron chi connectivity index (χ3n) is 4.96. The van der Waals surface area contributed by atoms with Crippen molar-refractivity contribution in [2.75, 3.05) is 26.9 Å². The first kappa shape index (κ1) is 22.7. The van der Waals surface area contributed by atoms with Crippen LogP contribution >= 0.6 is 11.6 Å². The van der Waals surface area contributed by atoms with Crippen LogP contribution in [0.25, 0.3) is 5.76 Å². The Bertz CT molecular complexity index is 1020. The van der Waals surface area contributed by atoms with Gasteiger partial charge in [-0.15, -0.1) is 0 Å². The molecule has 0 bridgehead atoms. The van der Waals surface area contributed by atoms with Crippen molar-refractivity contribution in [3.63, 3.8) is 0 Å². The summed E-state index contributed by atoms with van der Waals surface area (Å²) < 4.78 is 10.7. The highest BCUT2D eigenvalue weighted by molar-refractivity contribution is 6.46. The third-order valence-corrected chi connectivity index (χ3v) is 5.28. The molecule has 1 saturated heterocycles. The summed E-state index contributed by atoms with van der Waals surface area (Å²) in [5, 5.41) is 20.4. The van der Waals surface area contributed by atoms with Gasteiger partial charge in [-0.1, -0.05) is 30.7 Å². The molecule has 31 heavy (non-hydrogen) atoms. The second kappa shape index (κ2) is 9.85. The van der Waals surface area contributed by atoms with Crippen molar-refractivity contribution in [3.05, 3.63) is 64.2 Å². The number of benzene rings is 2. The van der Waals surface area contributed by atoms with E-state index in [0.717, 1.165) is 0 Å². The summed E-state index contributed by atoms with van der Waals surface area (Å²) in [5.74, 6) is -0.910. The van der Waals surface area contributed by atoms with Crippen LogP contribution in [-0.2, 0) is 9.59 Å². The van der Waals surface area contributed by atoms with E-state index in [-0.39, 0.29) is 24.5 Å². The van der Waals surface area contributed by atoms with Crippen LogP contribution in [0, 0.1) is 0 Å². The molecule has 0 radical (unpaired) electrons. The van der Waals surface area contributed by atoms with E-state index in [4.69, 9.17) is 26.2 Å². The van der Waals surface area contributed by atoms with Gasteiger partial charge in [-0.2, -0.15) is 0 Å². The maximum absolute atomic E-state index is 12.9. The molecule has 164 valence electrons. The van der Waals surface area contributed by atoms with Crippen molar-refractivity contribution >= 4 is 29.1 Å². The van der Waals surface area contributed by atoms with Crippen molar-refractivity contribution in [3.8, 4) is 11.5 Å². The average Bonchev–Trinajstić information content (AvgIpc) is 3.03. The van der Waals surface area contributed by atoms with Gasteiger partial charge in [0.05, 0.1) is 30.4 Å². The van der Waals surface area contributed by atoms with E-state index in [9.17, 15) is 14.7 Å². The van der Waals surface area contributed by atoms with Crippen molar-refractivity contribution in [2.45, 2.75) is 19.4 Å². The molecule has 0 saturated carbocycles. The lowest BCUT2D eigenvalue weighted by Gasteiger charge is -2.25. The highest BCUT2D eigenvalue weighted by Crippen LogP contribution is 2.41. The van der Waals surface area contributed by atoms with Gasteiger partial charge in [0.25, 0.3) is 11.7 Å². The minimum absolute atomic E-state index is 0.0119. The molecule has 0 aromatic heterocycles. The molecule has 1 aliphatic heterocycles. The van der Waals surface area contributed by atoms with Crippen LogP contribution in [0.15, 0.2) is 48.0 Å². The standard InChI is InChI=1S/C23H24ClNO6/c1-3-9-25-20(14-5-4-6-16(12-14)31-11-10-26)19(22(28)23(25)29)21(27)15-7-8-17(24)18(13-15)30-2/h4-8,12-13,20,26-27H,3,9-11H2,1-2H3/b21-19-. The molecule has 8 heteroatoms. The molecule has 1 amide bonds. The van der Waals surface area contributed by atoms with Gasteiger partial charge in [-0.3, -0.25) is 9.59 Å². The Kier molecular flexibility index (Phi) is 7.20. The lowest BCUT2D eigenvalue weighted by atomic mass is 9.95. The number of aliphatic hydroxyl groups is 2. The largest absolute Gasteiger partial charge is 0.507 e. The quantitative estimate of drug-likeness (QED) is 0.366. The Morgan fingerprint density at radius 2 is 1.97 bits per heavy atom. The van der Waals surface area contributed by atoms with E-state index in [0.29, 0.717) is 40.6 Å². The molecule has 7 nitrogen and oxygen atoms in total. The van der Waals surface area contributed by atoms with Gasteiger partial charge in [0.1, 0.15) is 23.9 Å². The second-order valence-corrected chi connectivity index (χ2v) is 7.39. The molecule has 1 atom stereocenters. The molecular formula is C23H24ClNO6. The van der Waals surface area contributed by atoms with E-state index in [1.807, 2.05) is 6.92 Å². The second-order valence-electron chi connectivity index (χ2n) is 6.99. The topological polar surface area (TPSA) is 96.3 Å². The van der Waals surface area contributed by atoms with Crippen molar-refractivity contribution in [1.82, 2.24) is 4.90 Å². The number of carbonyl (C=O) groups is 2. The first-order chi connectivity index (χ1) is 14.9. The summed E-state index contributed by atoms with van der Waals surface area (Å²) in [6, 6.07) is 10.8. The number of hydrogen-bond acceptors (Lipinski definition) is 6. The van der Waals surface area contributed by atoms with Crippen LogP contribution in [0.5, 0.6) is 11.5 Å². The highest BCUT2D eigenvalue weighted by Gasteiger charge is 2.45. The van der Waals surface area contributed by atoms with Gasteiger partial charge in [-0.25, -0.2) is 0 Å². The maximum atomic E-state index is 12.9. The van der Waals surface area contributed by atoms with Crippen molar-refractivity contribution in [2.24, 2.45) is 0 Å². The maximum Gasteiger partial charge on any atom is 0.295 e. The fourth-order valence-corrected chi connectivity index (χ4v) is 3.79. The normalized spacial score (nSPS) is 17.8. The summed E-state index contributed by atoms with van der Waals surface area (Å²) in [6.45, 7) is 2.22. The molecule has 2 aromatic rings.